The first-order valence-electron chi connectivity index (χ1n) is 5.07. The summed E-state index contributed by atoms with van der Waals surface area (Å²) in [5.41, 5.74) is 1.86. The average molecular weight is 257 g/mol. The molecule has 2 aromatic rings. The minimum absolute atomic E-state index is 0.628. The van der Waals surface area contributed by atoms with Crippen molar-refractivity contribution in [2.24, 2.45) is 0 Å². The molecule has 0 saturated carbocycles. The fourth-order valence-corrected chi connectivity index (χ4v) is 2.70. The third kappa shape index (κ3) is 1.83. The van der Waals surface area contributed by atoms with Crippen molar-refractivity contribution in [2.45, 2.75) is 13.8 Å². The summed E-state index contributed by atoms with van der Waals surface area (Å²) in [6.07, 6.45) is 0. The number of thiazole rings is 1. The number of fused-ring (bicyclic) bond motifs is 1. The van der Waals surface area contributed by atoms with Gasteiger partial charge >= 0.3 is 0 Å². The number of halogens is 1. The quantitative estimate of drug-likeness (QED) is 0.909. The van der Waals surface area contributed by atoms with Crippen molar-refractivity contribution in [1.82, 2.24) is 4.98 Å². The van der Waals surface area contributed by atoms with Gasteiger partial charge in [-0.3, -0.25) is 0 Å². The smallest absolute Gasteiger partial charge is 0.183 e. The van der Waals surface area contributed by atoms with Crippen LogP contribution in [-0.2, 0) is 0 Å². The van der Waals surface area contributed by atoms with E-state index in [1.54, 1.807) is 11.3 Å². The van der Waals surface area contributed by atoms with Gasteiger partial charge in [0.25, 0.3) is 0 Å². The minimum atomic E-state index is 0.628. The van der Waals surface area contributed by atoms with Crippen LogP contribution in [0.1, 0.15) is 12.5 Å². The van der Waals surface area contributed by atoms with Crippen LogP contribution in [0, 0.1) is 6.92 Å². The largest absolute Gasteiger partial charge is 0.492 e. The Morgan fingerprint density at radius 1 is 1.56 bits per heavy atom. The Balaban J connectivity index is 2.71. The number of rotatable bonds is 3. The third-order valence-corrected chi connectivity index (χ3v) is 3.96. The average Bonchev–Trinajstić information content (AvgIpc) is 2.70. The number of nitrogens with zero attached hydrogens (tertiary/aromatic N) is 1. The van der Waals surface area contributed by atoms with Crippen molar-refractivity contribution < 1.29 is 4.74 Å². The highest BCUT2D eigenvalue weighted by Gasteiger charge is 2.14. The first-order chi connectivity index (χ1) is 7.67. The van der Waals surface area contributed by atoms with Crippen molar-refractivity contribution in [3.63, 3.8) is 0 Å². The topological polar surface area (TPSA) is 34.1 Å². The number of aromatic nitrogens is 1. The van der Waals surface area contributed by atoms with Crippen molar-refractivity contribution in [3.05, 3.63) is 16.7 Å². The highest BCUT2D eigenvalue weighted by Crippen LogP contribution is 2.39. The fourth-order valence-electron chi connectivity index (χ4n) is 1.52. The van der Waals surface area contributed by atoms with E-state index in [4.69, 9.17) is 16.3 Å². The fraction of sp³-hybridized carbons (Fsp3) is 0.364. The minimum Gasteiger partial charge on any atom is -0.492 e. The number of aryl methyl sites for hydroxylation is 1. The van der Waals surface area contributed by atoms with E-state index in [0.29, 0.717) is 6.61 Å². The van der Waals surface area contributed by atoms with E-state index in [0.717, 1.165) is 31.7 Å². The van der Waals surface area contributed by atoms with Gasteiger partial charge in [-0.05, 0) is 25.5 Å². The molecular weight excluding hydrogens is 244 g/mol. The van der Waals surface area contributed by atoms with Gasteiger partial charge in [0.15, 0.2) is 5.13 Å². The van der Waals surface area contributed by atoms with Crippen LogP contribution in [0.4, 0.5) is 5.13 Å². The molecule has 16 heavy (non-hydrogen) atoms. The van der Waals surface area contributed by atoms with Crippen molar-refractivity contribution in [2.75, 3.05) is 19.0 Å². The molecule has 1 aromatic heterocycles. The zero-order valence-electron chi connectivity index (χ0n) is 9.43. The highest BCUT2D eigenvalue weighted by atomic mass is 35.5. The second-order valence-electron chi connectivity index (χ2n) is 3.39. The summed E-state index contributed by atoms with van der Waals surface area (Å²) in [6.45, 7) is 4.56. The molecule has 1 heterocycles. The lowest BCUT2D eigenvalue weighted by molar-refractivity contribution is 0.343. The molecule has 0 aliphatic carbocycles. The van der Waals surface area contributed by atoms with Crippen LogP contribution in [0.25, 0.3) is 10.2 Å². The van der Waals surface area contributed by atoms with Gasteiger partial charge in [0.1, 0.15) is 11.3 Å². The maximum Gasteiger partial charge on any atom is 0.183 e. The summed E-state index contributed by atoms with van der Waals surface area (Å²) in [4.78, 5) is 4.45. The molecule has 0 aliphatic heterocycles. The highest BCUT2D eigenvalue weighted by molar-refractivity contribution is 7.22. The van der Waals surface area contributed by atoms with Gasteiger partial charge in [-0.25, -0.2) is 4.98 Å². The molecule has 86 valence electrons. The maximum atomic E-state index is 6.26. The second kappa shape index (κ2) is 4.47. The van der Waals surface area contributed by atoms with Gasteiger partial charge in [0.2, 0.25) is 0 Å². The zero-order valence-corrected chi connectivity index (χ0v) is 11.0. The van der Waals surface area contributed by atoms with E-state index in [9.17, 15) is 0 Å². The Kier molecular flexibility index (Phi) is 3.21. The normalized spacial score (nSPS) is 10.8. The number of ether oxygens (including phenoxy) is 1. The number of nitrogens with one attached hydrogen (secondary N) is 1. The van der Waals surface area contributed by atoms with Crippen LogP contribution in [-0.4, -0.2) is 18.6 Å². The first kappa shape index (κ1) is 11.5. The Hall–Kier alpha value is -1.00. The standard InChI is InChI=1S/C11H13ClN2OS/c1-4-15-7-5-6(2)8(12)10-9(7)14-11(13-3)16-10/h5H,4H2,1-3H3,(H,13,14). The molecule has 0 unspecified atom stereocenters. The predicted molar refractivity (Wildman–Crippen MR) is 70.1 cm³/mol. The molecule has 0 atom stereocenters. The number of anilines is 1. The van der Waals surface area contributed by atoms with Gasteiger partial charge in [-0.2, -0.15) is 0 Å². The van der Waals surface area contributed by atoms with Gasteiger partial charge in [-0.15, -0.1) is 0 Å². The van der Waals surface area contributed by atoms with Gasteiger partial charge in [-0.1, -0.05) is 22.9 Å². The summed E-state index contributed by atoms with van der Waals surface area (Å²) >= 11 is 7.80. The van der Waals surface area contributed by atoms with Crippen LogP contribution in [0.2, 0.25) is 5.02 Å². The Labute approximate surface area is 103 Å². The summed E-state index contributed by atoms with van der Waals surface area (Å²) in [7, 11) is 1.85. The monoisotopic (exact) mass is 256 g/mol. The van der Waals surface area contributed by atoms with Crippen LogP contribution >= 0.6 is 22.9 Å². The molecule has 2 rings (SSSR count). The molecule has 1 aromatic carbocycles. The van der Waals surface area contributed by atoms with Gasteiger partial charge < -0.3 is 10.1 Å². The predicted octanol–water partition coefficient (Wildman–Crippen LogP) is 3.70. The number of benzene rings is 1. The SMILES string of the molecule is CCOc1cc(C)c(Cl)c2sc(NC)nc12. The summed E-state index contributed by atoms with van der Waals surface area (Å²) in [5.74, 6) is 0.803. The molecular formula is C11H13ClN2OS. The van der Waals surface area contributed by atoms with E-state index in [1.165, 1.54) is 0 Å². The lowest BCUT2D eigenvalue weighted by Gasteiger charge is -2.06. The number of hydrogen-bond acceptors (Lipinski definition) is 4. The lowest BCUT2D eigenvalue weighted by atomic mass is 10.2. The second-order valence-corrected chi connectivity index (χ2v) is 4.76. The molecule has 0 spiro atoms. The molecule has 0 radical (unpaired) electrons. The van der Waals surface area contributed by atoms with E-state index >= 15 is 0 Å². The van der Waals surface area contributed by atoms with Crippen molar-refractivity contribution in [1.29, 1.82) is 0 Å². The van der Waals surface area contributed by atoms with Gasteiger partial charge in [0, 0.05) is 7.05 Å². The molecule has 0 saturated heterocycles. The van der Waals surface area contributed by atoms with Crippen molar-refractivity contribution >= 4 is 38.3 Å². The Morgan fingerprint density at radius 2 is 2.31 bits per heavy atom. The van der Waals surface area contributed by atoms with E-state index in [-0.39, 0.29) is 0 Å². The van der Waals surface area contributed by atoms with Crippen LogP contribution < -0.4 is 10.1 Å². The first-order valence-corrected chi connectivity index (χ1v) is 6.27. The Bertz CT molecular complexity index is 524. The number of hydrogen-bond donors (Lipinski definition) is 1. The van der Waals surface area contributed by atoms with E-state index in [1.807, 2.05) is 27.0 Å². The van der Waals surface area contributed by atoms with E-state index < -0.39 is 0 Å². The molecule has 5 heteroatoms. The summed E-state index contributed by atoms with van der Waals surface area (Å²) in [6, 6.07) is 1.94. The molecule has 0 aliphatic rings. The summed E-state index contributed by atoms with van der Waals surface area (Å²) < 4.78 is 6.55. The van der Waals surface area contributed by atoms with Gasteiger partial charge in [0.05, 0.1) is 16.3 Å². The summed E-state index contributed by atoms with van der Waals surface area (Å²) in [5, 5.41) is 4.64. The van der Waals surface area contributed by atoms with E-state index in [2.05, 4.69) is 10.3 Å². The zero-order chi connectivity index (χ0) is 11.7. The van der Waals surface area contributed by atoms with Crippen LogP contribution in [0.3, 0.4) is 0 Å². The Morgan fingerprint density at radius 3 is 2.94 bits per heavy atom. The van der Waals surface area contributed by atoms with Crippen molar-refractivity contribution in [3.8, 4) is 5.75 Å². The molecule has 1 N–H and O–H groups in total. The molecule has 0 amide bonds. The van der Waals surface area contributed by atoms with Crippen LogP contribution in [0.5, 0.6) is 5.75 Å². The molecule has 0 bridgehead atoms. The maximum absolute atomic E-state index is 6.26. The molecule has 0 fully saturated rings. The lowest BCUT2D eigenvalue weighted by Crippen LogP contribution is -1.93. The van der Waals surface area contributed by atoms with Crippen LogP contribution in [0.15, 0.2) is 6.07 Å². The third-order valence-electron chi connectivity index (χ3n) is 2.27. The molecule has 3 nitrogen and oxygen atoms in total.